The Morgan fingerprint density at radius 1 is 1.39 bits per heavy atom. The van der Waals surface area contributed by atoms with Gasteiger partial charge in [0.2, 0.25) is 0 Å². The molecular formula is C13H16BrN3S. The first-order valence-corrected chi connectivity index (χ1v) is 7.49. The Labute approximate surface area is 120 Å². The van der Waals surface area contributed by atoms with Crippen LogP contribution in [0.5, 0.6) is 0 Å². The maximum Gasteiger partial charge on any atom is 0.142 e. The minimum atomic E-state index is 0.439. The number of nitrogens with one attached hydrogen (secondary N) is 1. The highest BCUT2D eigenvalue weighted by molar-refractivity contribution is 9.10. The van der Waals surface area contributed by atoms with Gasteiger partial charge in [0.1, 0.15) is 5.01 Å². The molecule has 0 amide bonds. The van der Waals surface area contributed by atoms with E-state index in [1.807, 2.05) is 25.4 Å². The second-order valence-corrected chi connectivity index (χ2v) is 6.37. The van der Waals surface area contributed by atoms with Crippen molar-refractivity contribution in [3.8, 4) is 10.7 Å². The van der Waals surface area contributed by atoms with Crippen LogP contribution in [-0.4, -0.2) is 17.0 Å². The highest BCUT2D eigenvalue weighted by Gasteiger charge is 2.15. The van der Waals surface area contributed by atoms with Crippen molar-refractivity contribution in [2.45, 2.75) is 26.3 Å². The van der Waals surface area contributed by atoms with Gasteiger partial charge in [0.05, 0.1) is 11.4 Å². The lowest BCUT2D eigenvalue weighted by atomic mass is 10.1. The van der Waals surface area contributed by atoms with Crippen LogP contribution in [0, 0.1) is 0 Å². The molecule has 0 unspecified atom stereocenters. The second-order valence-electron chi connectivity index (χ2n) is 4.37. The predicted molar refractivity (Wildman–Crippen MR) is 79.9 cm³/mol. The first-order chi connectivity index (χ1) is 8.61. The molecule has 0 saturated carbocycles. The first-order valence-electron chi connectivity index (χ1n) is 5.88. The third-order valence-electron chi connectivity index (χ3n) is 2.56. The SMILES string of the molecule is CNCc1sc(-c2ccc(Br)cn2)nc1C(C)C. The van der Waals surface area contributed by atoms with E-state index in [1.54, 1.807) is 11.3 Å². The van der Waals surface area contributed by atoms with Crippen LogP contribution in [0.4, 0.5) is 0 Å². The van der Waals surface area contributed by atoms with Gasteiger partial charge in [-0.1, -0.05) is 13.8 Å². The summed E-state index contributed by atoms with van der Waals surface area (Å²) in [6.45, 7) is 5.21. The predicted octanol–water partition coefficient (Wildman–Crippen LogP) is 3.81. The van der Waals surface area contributed by atoms with Gasteiger partial charge in [-0.3, -0.25) is 4.98 Å². The number of pyridine rings is 1. The summed E-state index contributed by atoms with van der Waals surface area (Å²) < 4.78 is 0.988. The van der Waals surface area contributed by atoms with Crippen molar-refractivity contribution in [3.05, 3.63) is 33.4 Å². The fraction of sp³-hybridized carbons (Fsp3) is 0.385. The van der Waals surface area contributed by atoms with Gasteiger partial charge >= 0.3 is 0 Å². The number of nitrogens with zero attached hydrogens (tertiary/aromatic N) is 2. The van der Waals surface area contributed by atoms with Gasteiger partial charge in [-0.15, -0.1) is 11.3 Å². The molecule has 5 heteroatoms. The van der Waals surface area contributed by atoms with E-state index in [9.17, 15) is 0 Å². The van der Waals surface area contributed by atoms with Crippen molar-refractivity contribution in [1.29, 1.82) is 0 Å². The molecule has 0 saturated heterocycles. The molecule has 1 N–H and O–H groups in total. The molecule has 18 heavy (non-hydrogen) atoms. The number of hydrogen-bond donors (Lipinski definition) is 1. The molecule has 0 atom stereocenters. The van der Waals surface area contributed by atoms with Crippen LogP contribution in [0.15, 0.2) is 22.8 Å². The lowest BCUT2D eigenvalue weighted by Crippen LogP contribution is -2.06. The highest BCUT2D eigenvalue weighted by atomic mass is 79.9. The Morgan fingerprint density at radius 3 is 2.72 bits per heavy atom. The van der Waals surface area contributed by atoms with Crippen molar-refractivity contribution < 1.29 is 0 Å². The van der Waals surface area contributed by atoms with E-state index in [0.717, 1.165) is 21.7 Å². The van der Waals surface area contributed by atoms with Crippen molar-refractivity contribution in [2.75, 3.05) is 7.05 Å². The Hall–Kier alpha value is -0.780. The standard InChI is InChI=1S/C13H16BrN3S/c1-8(2)12-11(7-15-3)18-13(17-12)10-5-4-9(14)6-16-10/h4-6,8,15H,7H2,1-3H3. The van der Waals surface area contributed by atoms with Crippen LogP contribution in [-0.2, 0) is 6.54 Å². The molecule has 3 nitrogen and oxygen atoms in total. The van der Waals surface area contributed by atoms with Gasteiger partial charge in [0.15, 0.2) is 0 Å². The fourth-order valence-corrected chi connectivity index (χ4v) is 3.15. The summed E-state index contributed by atoms with van der Waals surface area (Å²) in [4.78, 5) is 10.4. The van der Waals surface area contributed by atoms with E-state index in [4.69, 9.17) is 4.98 Å². The molecule has 96 valence electrons. The normalized spacial score (nSPS) is 11.2. The van der Waals surface area contributed by atoms with Gasteiger partial charge in [0, 0.05) is 22.1 Å². The zero-order chi connectivity index (χ0) is 13.1. The van der Waals surface area contributed by atoms with Crippen molar-refractivity contribution >= 4 is 27.3 Å². The summed E-state index contributed by atoms with van der Waals surface area (Å²) in [6, 6.07) is 3.99. The summed E-state index contributed by atoms with van der Waals surface area (Å²) >= 11 is 5.12. The smallest absolute Gasteiger partial charge is 0.142 e. The van der Waals surface area contributed by atoms with Crippen molar-refractivity contribution in [2.24, 2.45) is 0 Å². The molecule has 0 fully saturated rings. The van der Waals surface area contributed by atoms with E-state index < -0.39 is 0 Å². The summed E-state index contributed by atoms with van der Waals surface area (Å²) in [7, 11) is 1.96. The van der Waals surface area contributed by atoms with Crippen LogP contribution in [0.3, 0.4) is 0 Å². The van der Waals surface area contributed by atoms with Crippen molar-refractivity contribution in [1.82, 2.24) is 15.3 Å². The number of hydrogen-bond acceptors (Lipinski definition) is 4. The topological polar surface area (TPSA) is 37.8 Å². The molecule has 0 radical (unpaired) electrons. The van der Waals surface area contributed by atoms with Crippen molar-refractivity contribution in [3.63, 3.8) is 0 Å². The highest BCUT2D eigenvalue weighted by Crippen LogP contribution is 2.31. The summed E-state index contributed by atoms with van der Waals surface area (Å²) in [5.41, 5.74) is 2.11. The van der Waals surface area contributed by atoms with Crippen LogP contribution in [0.25, 0.3) is 10.7 Å². The largest absolute Gasteiger partial charge is 0.315 e. The van der Waals surface area contributed by atoms with E-state index in [0.29, 0.717) is 5.92 Å². The average molecular weight is 326 g/mol. The molecule has 2 rings (SSSR count). The minimum Gasteiger partial charge on any atom is -0.315 e. The summed E-state index contributed by atoms with van der Waals surface area (Å²) in [6.07, 6.45) is 1.81. The van der Waals surface area contributed by atoms with E-state index in [-0.39, 0.29) is 0 Å². The van der Waals surface area contributed by atoms with E-state index >= 15 is 0 Å². The molecule has 0 aliphatic carbocycles. The van der Waals surface area contributed by atoms with E-state index in [1.165, 1.54) is 10.6 Å². The maximum atomic E-state index is 4.73. The zero-order valence-corrected chi connectivity index (χ0v) is 13.1. The lowest BCUT2D eigenvalue weighted by Gasteiger charge is -2.03. The van der Waals surface area contributed by atoms with Gasteiger partial charge < -0.3 is 5.32 Å². The maximum absolute atomic E-state index is 4.73. The number of aromatic nitrogens is 2. The van der Waals surface area contributed by atoms with Crippen LogP contribution < -0.4 is 5.32 Å². The summed E-state index contributed by atoms with van der Waals surface area (Å²) in [5.74, 6) is 0.439. The monoisotopic (exact) mass is 325 g/mol. The second kappa shape index (κ2) is 5.91. The number of rotatable bonds is 4. The Balaban J connectivity index is 2.39. The minimum absolute atomic E-state index is 0.439. The van der Waals surface area contributed by atoms with Gasteiger partial charge in [-0.25, -0.2) is 4.98 Å². The lowest BCUT2D eigenvalue weighted by molar-refractivity contribution is 0.771. The Bertz CT molecular complexity index is 520. The average Bonchev–Trinajstić information content (AvgIpc) is 2.75. The molecule has 0 bridgehead atoms. The summed E-state index contributed by atoms with van der Waals surface area (Å²) in [5, 5.41) is 4.19. The van der Waals surface area contributed by atoms with Gasteiger partial charge in [0.25, 0.3) is 0 Å². The van der Waals surface area contributed by atoms with Crippen LogP contribution in [0.2, 0.25) is 0 Å². The molecular weight excluding hydrogens is 310 g/mol. The molecule has 0 aromatic carbocycles. The Morgan fingerprint density at radius 2 is 2.17 bits per heavy atom. The third kappa shape index (κ3) is 2.96. The van der Waals surface area contributed by atoms with E-state index in [2.05, 4.69) is 40.1 Å². The zero-order valence-electron chi connectivity index (χ0n) is 10.7. The molecule has 0 aliphatic rings. The quantitative estimate of drug-likeness (QED) is 0.928. The molecule has 0 spiro atoms. The number of thiazole rings is 1. The Kier molecular flexibility index (Phi) is 4.48. The van der Waals surface area contributed by atoms with Gasteiger partial charge in [-0.05, 0) is 41.0 Å². The van der Waals surface area contributed by atoms with Crippen LogP contribution in [0.1, 0.15) is 30.3 Å². The molecule has 2 heterocycles. The fourth-order valence-electron chi connectivity index (χ4n) is 1.71. The molecule has 2 aromatic rings. The van der Waals surface area contributed by atoms with Gasteiger partial charge in [-0.2, -0.15) is 0 Å². The first kappa shape index (κ1) is 13.6. The molecule has 0 aliphatic heterocycles. The number of halogens is 1. The third-order valence-corrected chi connectivity index (χ3v) is 4.12. The van der Waals surface area contributed by atoms with Crippen LogP contribution >= 0.6 is 27.3 Å². The molecule has 2 aromatic heterocycles.